The van der Waals surface area contributed by atoms with E-state index in [1.54, 1.807) is 12.1 Å². The molecular formula is C19H24ClN3O. The van der Waals surface area contributed by atoms with Crippen molar-refractivity contribution in [2.45, 2.75) is 39.7 Å². The van der Waals surface area contributed by atoms with E-state index >= 15 is 0 Å². The highest BCUT2D eigenvalue weighted by Crippen LogP contribution is 2.23. The van der Waals surface area contributed by atoms with Crippen LogP contribution >= 0.6 is 11.6 Å². The Morgan fingerprint density at radius 2 is 2.12 bits per heavy atom. The van der Waals surface area contributed by atoms with Gasteiger partial charge >= 0.3 is 0 Å². The van der Waals surface area contributed by atoms with E-state index in [0.29, 0.717) is 5.02 Å². The monoisotopic (exact) mass is 345 g/mol. The van der Waals surface area contributed by atoms with Gasteiger partial charge in [-0.1, -0.05) is 18.5 Å². The summed E-state index contributed by atoms with van der Waals surface area (Å²) in [5.74, 6) is 1.32. The lowest BCUT2D eigenvalue weighted by Crippen LogP contribution is -2.38. The maximum absolute atomic E-state index is 12.7. The van der Waals surface area contributed by atoms with Crippen LogP contribution in [-0.2, 0) is 13.0 Å². The number of aromatic amines is 1. The number of piperidine rings is 1. The number of halogens is 1. The summed E-state index contributed by atoms with van der Waals surface area (Å²) < 4.78 is 0. The quantitative estimate of drug-likeness (QED) is 0.832. The van der Waals surface area contributed by atoms with Gasteiger partial charge in [-0.15, -0.1) is 0 Å². The van der Waals surface area contributed by atoms with Gasteiger partial charge in [-0.2, -0.15) is 0 Å². The third-order valence-corrected chi connectivity index (χ3v) is 5.00. The maximum Gasteiger partial charge on any atom is 0.167 e. The molecule has 1 fully saturated rings. The Labute approximate surface area is 148 Å². The van der Waals surface area contributed by atoms with Crippen LogP contribution in [0.5, 0.6) is 0 Å². The normalized spacial score (nSPS) is 18.7. The Morgan fingerprint density at radius 1 is 1.38 bits per heavy atom. The molecule has 2 aromatic rings. The van der Waals surface area contributed by atoms with Gasteiger partial charge in [0.05, 0.1) is 5.69 Å². The van der Waals surface area contributed by atoms with Crippen molar-refractivity contribution >= 4 is 17.4 Å². The lowest BCUT2D eigenvalue weighted by molar-refractivity contribution is 0.0810. The first kappa shape index (κ1) is 17.2. The molecule has 24 heavy (non-hydrogen) atoms. The average molecular weight is 346 g/mol. The Balaban J connectivity index is 1.66. The zero-order chi connectivity index (χ0) is 17.1. The predicted octanol–water partition coefficient (Wildman–Crippen LogP) is 4.03. The van der Waals surface area contributed by atoms with E-state index in [9.17, 15) is 4.79 Å². The first-order chi connectivity index (χ1) is 11.6. The Kier molecular flexibility index (Phi) is 5.36. The van der Waals surface area contributed by atoms with Crippen LogP contribution in [0, 0.1) is 12.8 Å². The molecule has 3 rings (SSSR count). The van der Waals surface area contributed by atoms with Crippen LogP contribution in [0.3, 0.4) is 0 Å². The molecule has 1 aromatic carbocycles. The van der Waals surface area contributed by atoms with Gasteiger partial charge in [0.1, 0.15) is 5.82 Å². The third kappa shape index (κ3) is 3.87. The average Bonchev–Trinajstić information content (AvgIpc) is 2.95. The number of hydrogen-bond donors (Lipinski definition) is 1. The van der Waals surface area contributed by atoms with Crippen LogP contribution in [0.4, 0.5) is 0 Å². The summed E-state index contributed by atoms with van der Waals surface area (Å²) in [6.07, 6.45) is 2.92. The van der Waals surface area contributed by atoms with E-state index in [1.807, 2.05) is 12.1 Å². The molecule has 1 atom stereocenters. The van der Waals surface area contributed by atoms with Crippen molar-refractivity contribution < 1.29 is 4.79 Å². The summed E-state index contributed by atoms with van der Waals surface area (Å²) >= 11 is 5.91. The molecule has 0 bridgehead atoms. The van der Waals surface area contributed by atoms with Gasteiger partial charge in [0.15, 0.2) is 5.78 Å². The highest BCUT2D eigenvalue weighted by atomic mass is 35.5. The molecule has 0 amide bonds. The van der Waals surface area contributed by atoms with Crippen LogP contribution in [0.25, 0.3) is 0 Å². The Hall–Kier alpha value is -1.65. The number of hydrogen-bond acceptors (Lipinski definition) is 3. The second-order valence-corrected chi connectivity index (χ2v) is 6.99. The van der Waals surface area contributed by atoms with Crippen molar-refractivity contribution in [3.8, 4) is 0 Å². The van der Waals surface area contributed by atoms with Gasteiger partial charge in [-0.25, -0.2) is 4.98 Å². The summed E-state index contributed by atoms with van der Waals surface area (Å²) in [4.78, 5) is 23.1. The third-order valence-electron chi connectivity index (χ3n) is 4.75. The minimum Gasteiger partial charge on any atom is -0.346 e. The van der Waals surface area contributed by atoms with Crippen molar-refractivity contribution in [2.24, 2.45) is 5.92 Å². The highest BCUT2D eigenvalue weighted by molar-refractivity contribution is 6.30. The van der Waals surface area contributed by atoms with E-state index in [4.69, 9.17) is 11.6 Å². The van der Waals surface area contributed by atoms with Crippen LogP contribution < -0.4 is 0 Å². The number of nitrogens with zero attached hydrogens (tertiary/aromatic N) is 2. The fourth-order valence-corrected chi connectivity index (χ4v) is 3.49. The zero-order valence-electron chi connectivity index (χ0n) is 14.3. The molecule has 0 radical (unpaired) electrons. The van der Waals surface area contributed by atoms with Crippen molar-refractivity contribution in [1.29, 1.82) is 0 Å². The number of nitrogens with one attached hydrogen (secondary N) is 1. The first-order valence-corrected chi connectivity index (χ1v) is 9.01. The number of H-pyrrole nitrogens is 1. The number of aryl methyl sites for hydroxylation is 2. The zero-order valence-corrected chi connectivity index (χ0v) is 15.1. The van der Waals surface area contributed by atoms with Gasteiger partial charge in [0.25, 0.3) is 0 Å². The summed E-state index contributed by atoms with van der Waals surface area (Å²) in [6, 6.07) is 7.23. The maximum atomic E-state index is 12.7. The van der Waals surface area contributed by atoms with Crippen LogP contribution in [-0.4, -0.2) is 33.7 Å². The van der Waals surface area contributed by atoms with Crippen molar-refractivity contribution in [3.63, 3.8) is 0 Å². The van der Waals surface area contributed by atoms with Crippen LogP contribution in [0.15, 0.2) is 24.3 Å². The summed E-state index contributed by atoms with van der Waals surface area (Å²) in [6.45, 7) is 6.81. The Bertz CT molecular complexity index is 708. The molecule has 1 aliphatic rings. The smallest absolute Gasteiger partial charge is 0.167 e. The first-order valence-electron chi connectivity index (χ1n) is 8.63. The number of carbonyl (C=O) groups excluding carboxylic acids is 1. The van der Waals surface area contributed by atoms with Gasteiger partial charge in [-0.3, -0.25) is 9.69 Å². The molecule has 0 saturated carbocycles. The SMILES string of the molecule is CCc1nc(CN2CCCC(C(=O)c3ccc(Cl)cc3)C2)c(C)[nH]1. The Morgan fingerprint density at radius 3 is 2.79 bits per heavy atom. The number of likely N-dealkylation sites (tertiary alicyclic amines) is 1. The number of ketones is 1. The van der Waals surface area contributed by atoms with Gasteiger partial charge < -0.3 is 4.98 Å². The minimum absolute atomic E-state index is 0.0600. The fourth-order valence-electron chi connectivity index (χ4n) is 3.36. The number of carbonyl (C=O) groups is 1. The molecule has 1 saturated heterocycles. The van der Waals surface area contributed by atoms with Gasteiger partial charge in [0.2, 0.25) is 0 Å². The van der Waals surface area contributed by atoms with Crippen molar-refractivity contribution in [1.82, 2.24) is 14.9 Å². The van der Waals surface area contributed by atoms with Crippen LogP contribution in [0.1, 0.15) is 47.3 Å². The standard InChI is InChI=1S/C19H24ClN3O/c1-3-18-21-13(2)17(22-18)12-23-10-4-5-15(11-23)19(24)14-6-8-16(20)9-7-14/h6-9,15H,3-5,10-12H2,1-2H3,(H,21,22). The van der Waals surface area contributed by atoms with Crippen LogP contribution in [0.2, 0.25) is 5.02 Å². The fraction of sp³-hybridized carbons (Fsp3) is 0.474. The molecule has 5 heteroatoms. The van der Waals surface area contributed by atoms with E-state index in [0.717, 1.165) is 61.7 Å². The van der Waals surface area contributed by atoms with Crippen molar-refractivity contribution in [3.05, 3.63) is 52.1 Å². The molecule has 0 spiro atoms. The second kappa shape index (κ2) is 7.49. The second-order valence-electron chi connectivity index (χ2n) is 6.55. The van der Waals surface area contributed by atoms with Gasteiger partial charge in [0, 0.05) is 41.7 Å². The number of aromatic nitrogens is 2. The number of rotatable bonds is 5. The molecule has 4 nitrogen and oxygen atoms in total. The lowest BCUT2D eigenvalue weighted by Gasteiger charge is -2.31. The minimum atomic E-state index is 0.0600. The van der Waals surface area contributed by atoms with E-state index in [-0.39, 0.29) is 11.7 Å². The van der Waals surface area contributed by atoms with E-state index in [1.165, 1.54) is 0 Å². The number of benzene rings is 1. The molecular weight excluding hydrogens is 322 g/mol. The summed E-state index contributed by atoms with van der Waals surface area (Å²) in [5, 5.41) is 0.664. The lowest BCUT2D eigenvalue weighted by atomic mass is 9.90. The molecule has 2 heterocycles. The largest absolute Gasteiger partial charge is 0.346 e. The molecule has 1 unspecified atom stereocenters. The van der Waals surface area contributed by atoms with E-state index in [2.05, 4.69) is 28.7 Å². The van der Waals surface area contributed by atoms with Crippen molar-refractivity contribution in [2.75, 3.05) is 13.1 Å². The molecule has 1 aromatic heterocycles. The van der Waals surface area contributed by atoms with Gasteiger partial charge in [-0.05, 0) is 50.6 Å². The molecule has 128 valence electrons. The summed E-state index contributed by atoms with van der Waals surface area (Å²) in [5.41, 5.74) is 3.00. The van der Waals surface area contributed by atoms with E-state index < -0.39 is 0 Å². The number of imidazole rings is 1. The number of Topliss-reactive ketones (excluding diaryl/α,β-unsaturated/α-hetero) is 1. The topological polar surface area (TPSA) is 49.0 Å². The highest BCUT2D eigenvalue weighted by Gasteiger charge is 2.27. The molecule has 1 N–H and O–H groups in total. The molecule has 1 aliphatic heterocycles. The predicted molar refractivity (Wildman–Crippen MR) is 96.5 cm³/mol. The summed E-state index contributed by atoms with van der Waals surface area (Å²) in [7, 11) is 0. The molecule has 0 aliphatic carbocycles.